The third-order valence-electron chi connectivity index (χ3n) is 4.34. The van der Waals surface area contributed by atoms with E-state index in [2.05, 4.69) is 14.7 Å². The molecule has 0 fully saturated rings. The minimum Gasteiger partial charge on any atom is -0.496 e. The molecule has 0 aliphatic rings. The van der Waals surface area contributed by atoms with Gasteiger partial charge in [0.05, 0.1) is 29.6 Å². The molecule has 1 aromatic heterocycles. The third-order valence-corrected chi connectivity index (χ3v) is 6.03. The average molecular weight is 359 g/mol. The van der Waals surface area contributed by atoms with Gasteiger partial charge in [0, 0.05) is 0 Å². The number of sulfonamides is 1. The van der Waals surface area contributed by atoms with Crippen molar-refractivity contribution in [3.05, 3.63) is 52.8 Å². The first-order valence-electron chi connectivity index (χ1n) is 7.91. The van der Waals surface area contributed by atoms with Gasteiger partial charge in [0.15, 0.2) is 0 Å². The molecular formula is C18H21N3O3S. The standard InChI is InChI=1S/C18H21N3O3S/c1-11-9-16(24-4)12(2)13(3)18(11)25(22,23)19-10-17-20-14-7-5-6-8-15(14)21-17/h5-9,19H,10H2,1-4H3,(H,20,21). The fraction of sp³-hybridized carbons (Fsp3) is 0.278. The van der Waals surface area contributed by atoms with Gasteiger partial charge in [-0.1, -0.05) is 12.1 Å². The van der Waals surface area contributed by atoms with Crippen LogP contribution in [0.5, 0.6) is 5.75 Å². The Morgan fingerprint density at radius 1 is 1.16 bits per heavy atom. The van der Waals surface area contributed by atoms with E-state index in [1.165, 1.54) is 0 Å². The van der Waals surface area contributed by atoms with Gasteiger partial charge in [-0.25, -0.2) is 18.1 Å². The molecule has 0 saturated heterocycles. The molecule has 132 valence electrons. The molecule has 7 heteroatoms. The number of methoxy groups -OCH3 is 1. The summed E-state index contributed by atoms with van der Waals surface area (Å²) in [6.07, 6.45) is 0. The zero-order valence-corrected chi connectivity index (χ0v) is 15.5. The molecule has 6 nitrogen and oxygen atoms in total. The lowest BCUT2D eigenvalue weighted by Gasteiger charge is -2.16. The summed E-state index contributed by atoms with van der Waals surface area (Å²) >= 11 is 0. The molecule has 3 rings (SSSR count). The summed E-state index contributed by atoms with van der Waals surface area (Å²) in [4.78, 5) is 7.81. The van der Waals surface area contributed by atoms with Crippen LogP contribution in [-0.4, -0.2) is 25.5 Å². The van der Waals surface area contributed by atoms with E-state index < -0.39 is 10.0 Å². The van der Waals surface area contributed by atoms with Crippen molar-refractivity contribution in [3.8, 4) is 5.75 Å². The van der Waals surface area contributed by atoms with Gasteiger partial charge in [0.25, 0.3) is 0 Å². The highest BCUT2D eigenvalue weighted by Crippen LogP contribution is 2.30. The van der Waals surface area contributed by atoms with Crippen LogP contribution >= 0.6 is 0 Å². The number of H-pyrrole nitrogens is 1. The third kappa shape index (κ3) is 3.25. The van der Waals surface area contributed by atoms with Crippen LogP contribution in [0.15, 0.2) is 35.2 Å². The smallest absolute Gasteiger partial charge is 0.241 e. The highest BCUT2D eigenvalue weighted by Gasteiger charge is 2.22. The quantitative estimate of drug-likeness (QED) is 0.733. The van der Waals surface area contributed by atoms with Gasteiger partial charge in [-0.2, -0.15) is 0 Å². The summed E-state index contributed by atoms with van der Waals surface area (Å²) in [5.41, 5.74) is 3.84. The van der Waals surface area contributed by atoms with Crippen molar-refractivity contribution < 1.29 is 13.2 Å². The Morgan fingerprint density at radius 3 is 2.56 bits per heavy atom. The number of hydrogen-bond acceptors (Lipinski definition) is 4. The van der Waals surface area contributed by atoms with Crippen molar-refractivity contribution >= 4 is 21.1 Å². The number of nitrogens with one attached hydrogen (secondary N) is 2. The summed E-state index contributed by atoms with van der Waals surface area (Å²) < 4.78 is 33.6. The lowest BCUT2D eigenvalue weighted by atomic mass is 10.1. The molecule has 0 amide bonds. The Hall–Kier alpha value is -2.38. The van der Waals surface area contributed by atoms with E-state index in [4.69, 9.17) is 4.74 Å². The van der Waals surface area contributed by atoms with Crippen molar-refractivity contribution in [1.29, 1.82) is 0 Å². The minimum absolute atomic E-state index is 0.0982. The summed E-state index contributed by atoms with van der Waals surface area (Å²) in [6.45, 7) is 5.51. The van der Waals surface area contributed by atoms with E-state index in [-0.39, 0.29) is 6.54 Å². The van der Waals surface area contributed by atoms with E-state index in [0.717, 1.165) is 16.6 Å². The summed E-state index contributed by atoms with van der Waals surface area (Å²) in [5.74, 6) is 1.26. The predicted molar refractivity (Wildman–Crippen MR) is 97.3 cm³/mol. The van der Waals surface area contributed by atoms with Crippen LogP contribution in [0.3, 0.4) is 0 Å². The maximum absolute atomic E-state index is 12.8. The maximum Gasteiger partial charge on any atom is 0.241 e. The fourth-order valence-electron chi connectivity index (χ4n) is 2.97. The molecule has 2 aromatic carbocycles. The molecule has 1 heterocycles. The Bertz CT molecular complexity index is 1010. The Kier molecular flexibility index (Phi) is 4.53. The van der Waals surface area contributed by atoms with Crippen LogP contribution < -0.4 is 9.46 Å². The molecule has 0 aliphatic carbocycles. The SMILES string of the molecule is COc1cc(C)c(S(=O)(=O)NCc2nc3ccccc3[nH]2)c(C)c1C. The van der Waals surface area contributed by atoms with Gasteiger partial charge in [-0.05, 0) is 55.7 Å². The number of aromatic amines is 1. The number of imidazole rings is 1. The van der Waals surface area contributed by atoms with Crippen LogP contribution in [0.4, 0.5) is 0 Å². The van der Waals surface area contributed by atoms with Gasteiger partial charge in [-0.3, -0.25) is 0 Å². The molecule has 0 spiro atoms. The molecule has 0 atom stereocenters. The summed E-state index contributed by atoms with van der Waals surface area (Å²) in [7, 11) is -2.09. The van der Waals surface area contributed by atoms with Gasteiger partial charge in [-0.15, -0.1) is 0 Å². The molecular weight excluding hydrogens is 338 g/mol. The Morgan fingerprint density at radius 2 is 1.88 bits per heavy atom. The van der Waals surface area contributed by atoms with Crippen LogP contribution in [0.2, 0.25) is 0 Å². The normalized spacial score (nSPS) is 11.8. The molecule has 0 aliphatic heterocycles. The fourth-order valence-corrected chi connectivity index (χ4v) is 4.48. The van der Waals surface area contributed by atoms with Crippen molar-refractivity contribution in [2.45, 2.75) is 32.2 Å². The summed E-state index contributed by atoms with van der Waals surface area (Å²) in [6, 6.07) is 9.33. The number of benzene rings is 2. The number of fused-ring (bicyclic) bond motifs is 1. The zero-order chi connectivity index (χ0) is 18.2. The van der Waals surface area contributed by atoms with Crippen LogP contribution in [-0.2, 0) is 16.6 Å². The van der Waals surface area contributed by atoms with Crippen LogP contribution in [0.25, 0.3) is 11.0 Å². The topological polar surface area (TPSA) is 84.1 Å². The van der Waals surface area contributed by atoms with Gasteiger partial charge >= 0.3 is 0 Å². The monoisotopic (exact) mass is 359 g/mol. The zero-order valence-electron chi connectivity index (χ0n) is 14.7. The second-order valence-corrected chi connectivity index (χ2v) is 7.70. The van der Waals surface area contributed by atoms with Gasteiger partial charge < -0.3 is 9.72 Å². The molecule has 25 heavy (non-hydrogen) atoms. The highest BCUT2D eigenvalue weighted by molar-refractivity contribution is 7.89. The predicted octanol–water partition coefficient (Wildman–Crippen LogP) is 2.98. The maximum atomic E-state index is 12.8. The van der Waals surface area contributed by atoms with Crippen LogP contribution in [0.1, 0.15) is 22.5 Å². The lowest BCUT2D eigenvalue weighted by Crippen LogP contribution is -2.25. The number of aryl methyl sites for hydroxylation is 1. The lowest BCUT2D eigenvalue weighted by molar-refractivity contribution is 0.410. The van der Waals surface area contributed by atoms with E-state index in [0.29, 0.717) is 27.6 Å². The number of ether oxygens (including phenoxy) is 1. The first kappa shape index (κ1) is 17.4. The molecule has 3 aromatic rings. The molecule has 0 unspecified atom stereocenters. The van der Waals surface area contributed by atoms with Crippen LogP contribution in [0, 0.1) is 20.8 Å². The molecule has 2 N–H and O–H groups in total. The Labute approximate surface area is 147 Å². The average Bonchev–Trinajstić information content (AvgIpc) is 2.99. The number of rotatable bonds is 5. The van der Waals surface area contributed by atoms with E-state index in [1.807, 2.05) is 31.2 Å². The van der Waals surface area contributed by atoms with E-state index >= 15 is 0 Å². The van der Waals surface area contributed by atoms with Crippen molar-refractivity contribution in [1.82, 2.24) is 14.7 Å². The number of aromatic nitrogens is 2. The number of hydrogen-bond donors (Lipinski definition) is 2. The number of para-hydroxylation sites is 2. The van der Waals surface area contributed by atoms with E-state index in [1.54, 1.807) is 27.0 Å². The molecule has 0 bridgehead atoms. The first-order valence-corrected chi connectivity index (χ1v) is 9.40. The summed E-state index contributed by atoms with van der Waals surface area (Å²) in [5, 5.41) is 0. The second-order valence-electron chi connectivity index (χ2n) is 6.00. The minimum atomic E-state index is -3.67. The van der Waals surface area contributed by atoms with Crippen molar-refractivity contribution in [3.63, 3.8) is 0 Å². The van der Waals surface area contributed by atoms with Crippen molar-refractivity contribution in [2.75, 3.05) is 7.11 Å². The van der Waals surface area contributed by atoms with E-state index in [9.17, 15) is 8.42 Å². The highest BCUT2D eigenvalue weighted by atomic mass is 32.2. The van der Waals surface area contributed by atoms with Gasteiger partial charge in [0.1, 0.15) is 11.6 Å². The largest absolute Gasteiger partial charge is 0.496 e. The Balaban J connectivity index is 1.90. The number of nitrogens with zero attached hydrogens (tertiary/aromatic N) is 1. The molecule has 0 radical (unpaired) electrons. The van der Waals surface area contributed by atoms with Gasteiger partial charge in [0.2, 0.25) is 10.0 Å². The molecule has 0 saturated carbocycles. The second kappa shape index (κ2) is 6.50. The van der Waals surface area contributed by atoms with Crippen molar-refractivity contribution in [2.24, 2.45) is 0 Å². The first-order chi connectivity index (χ1) is 11.8.